The summed E-state index contributed by atoms with van der Waals surface area (Å²) >= 11 is 0. The van der Waals surface area contributed by atoms with Gasteiger partial charge in [0.25, 0.3) is 0 Å². The molecule has 1 N–H and O–H groups in total. The number of benzene rings is 2. The Hall–Kier alpha value is -2.96. The molecule has 2 saturated heterocycles. The molecule has 43 heavy (non-hydrogen) atoms. The molecule has 0 amide bonds. The van der Waals surface area contributed by atoms with Gasteiger partial charge >= 0.3 is 5.97 Å². The first kappa shape index (κ1) is 30.1. The Morgan fingerprint density at radius 2 is 1.60 bits per heavy atom. The molecular weight excluding hydrogens is 532 g/mol. The summed E-state index contributed by atoms with van der Waals surface area (Å²) < 4.78 is 2.35. The predicted octanol–water partition coefficient (Wildman–Crippen LogP) is 6.62. The lowest BCUT2D eigenvalue weighted by atomic mass is 9.83. The van der Waals surface area contributed by atoms with E-state index in [1.165, 1.54) is 41.8 Å². The van der Waals surface area contributed by atoms with Crippen LogP contribution >= 0.6 is 0 Å². The molecule has 0 bridgehead atoms. The SMILES string of the molecule is CCc1cc(CCc2ccccc2)nn1C1CCN(C[C@H]2CN([C@@H](C(=O)O)C3CCCCC3)C[C@@H]2c2ccccc2)CC1. The van der Waals surface area contributed by atoms with Gasteiger partial charge in [-0.05, 0) is 74.0 Å². The van der Waals surface area contributed by atoms with E-state index < -0.39 is 5.97 Å². The fraction of sp³-hybridized carbons (Fsp3) is 0.568. The predicted molar refractivity (Wildman–Crippen MR) is 172 cm³/mol. The van der Waals surface area contributed by atoms with E-state index in [4.69, 9.17) is 5.10 Å². The molecule has 1 aliphatic carbocycles. The van der Waals surface area contributed by atoms with Crippen molar-refractivity contribution in [3.8, 4) is 0 Å². The van der Waals surface area contributed by atoms with Crippen molar-refractivity contribution in [2.45, 2.75) is 89.1 Å². The van der Waals surface area contributed by atoms with E-state index in [9.17, 15) is 9.90 Å². The Kier molecular flexibility index (Phi) is 9.95. The number of aromatic nitrogens is 2. The molecule has 1 aromatic heterocycles. The van der Waals surface area contributed by atoms with Crippen LogP contribution in [0.25, 0.3) is 0 Å². The molecule has 6 nitrogen and oxygen atoms in total. The first-order chi connectivity index (χ1) is 21.1. The smallest absolute Gasteiger partial charge is 0.321 e. The average molecular weight is 583 g/mol. The molecule has 2 aromatic carbocycles. The molecule has 1 saturated carbocycles. The van der Waals surface area contributed by atoms with Crippen molar-refractivity contribution in [2.75, 3.05) is 32.7 Å². The Labute approximate surface area is 258 Å². The molecule has 6 heteroatoms. The fourth-order valence-electron chi connectivity index (χ4n) is 8.29. The van der Waals surface area contributed by atoms with Gasteiger partial charge in [-0.1, -0.05) is 86.8 Å². The minimum atomic E-state index is -0.616. The topological polar surface area (TPSA) is 61.6 Å². The van der Waals surface area contributed by atoms with E-state index in [1.807, 2.05) is 0 Å². The molecule has 2 aliphatic heterocycles. The van der Waals surface area contributed by atoms with Gasteiger partial charge in [0.15, 0.2) is 0 Å². The molecule has 0 radical (unpaired) electrons. The summed E-state index contributed by atoms with van der Waals surface area (Å²) in [5.41, 5.74) is 5.31. The lowest BCUT2D eigenvalue weighted by molar-refractivity contribution is -0.145. The van der Waals surface area contributed by atoms with Gasteiger partial charge in [-0.25, -0.2) is 0 Å². The minimum absolute atomic E-state index is 0.289. The third kappa shape index (κ3) is 7.24. The molecule has 6 rings (SSSR count). The van der Waals surface area contributed by atoms with Crippen molar-refractivity contribution in [1.29, 1.82) is 0 Å². The molecule has 3 aliphatic rings. The van der Waals surface area contributed by atoms with Crippen molar-refractivity contribution >= 4 is 5.97 Å². The van der Waals surface area contributed by atoms with Crippen LogP contribution in [0.3, 0.4) is 0 Å². The van der Waals surface area contributed by atoms with Gasteiger partial charge in [0.2, 0.25) is 0 Å². The van der Waals surface area contributed by atoms with E-state index >= 15 is 0 Å². The maximum atomic E-state index is 12.6. The normalized spacial score (nSPS) is 23.5. The maximum Gasteiger partial charge on any atom is 0.321 e. The summed E-state index contributed by atoms with van der Waals surface area (Å²) in [6.07, 6.45) is 11.0. The number of piperidine rings is 1. The Balaban J connectivity index is 1.10. The van der Waals surface area contributed by atoms with Crippen molar-refractivity contribution < 1.29 is 9.90 Å². The maximum absolute atomic E-state index is 12.6. The highest BCUT2D eigenvalue weighted by molar-refractivity contribution is 5.74. The minimum Gasteiger partial charge on any atom is -0.480 e. The van der Waals surface area contributed by atoms with Crippen molar-refractivity contribution in [2.24, 2.45) is 11.8 Å². The number of nitrogens with zero attached hydrogens (tertiary/aromatic N) is 4. The molecule has 3 atom stereocenters. The first-order valence-corrected chi connectivity index (χ1v) is 16.9. The second kappa shape index (κ2) is 14.2. The lowest BCUT2D eigenvalue weighted by Gasteiger charge is -2.35. The fourth-order valence-corrected chi connectivity index (χ4v) is 8.29. The highest BCUT2D eigenvalue weighted by Crippen LogP contribution is 2.39. The Morgan fingerprint density at radius 1 is 0.907 bits per heavy atom. The second-order valence-electron chi connectivity index (χ2n) is 13.4. The van der Waals surface area contributed by atoms with E-state index in [0.29, 0.717) is 17.9 Å². The summed E-state index contributed by atoms with van der Waals surface area (Å²) in [4.78, 5) is 17.6. The zero-order valence-electron chi connectivity index (χ0n) is 26.0. The van der Waals surface area contributed by atoms with Gasteiger partial charge in [-0.3, -0.25) is 14.4 Å². The third-order valence-electron chi connectivity index (χ3n) is 10.6. The van der Waals surface area contributed by atoms with Crippen molar-refractivity contribution in [3.63, 3.8) is 0 Å². The Bertz CT molecular complexity index is 1290. The number of carboxylic acid groups (broad SMARTS) is 1. The van der Waals surface area contributed by atoms with Crippen LogP contribution in [0.15, 0.2) is 66.7 Å². The summed E-state index contributed by atoms with van der Waals surface area (Å²) in [5, 5.41) is 15.5. The van der Waals surface area contributed by atoms with Gasteiger partial charge < -0.3 is 10.0 Å². The molecular formula is C37H50N4O2. The van der Waals surface area contributed by atoms with Crippen LogP contribution in [0.4, 0.5) is 0 Å². The monoisotopic (exact) mass is 582 g/mol. The van der Waals surface area contributed by atoms with Crippen LogP contribution in [-0.4, -0.2) is 69.4 Å². The number of hydrogen-bond donors (Lipinski definition) is 1. The third-order valence-corrected chi connectivity index (χ3v) is 10.6. The number of likely N-dealkylation sites (tertiary alicyclic amines) is 2. The van der Waals surface area contributed by atoms with Crippen LogP contribution in [0, 0.1) is 11.8 Å². The second-order valence-corrected chi connectivity index (χ2v) is 13.4. The van der Waals surface area contributed by atoms with Crippen LogP contribution in [0.2, 0.25) is 0 Å². The molecule has 3 aromatic rings. The van der Waals surface area contributed by atoms with Gasteiger partial charge in [0.1, 0.15) is 6.04 Å². The summed E-state index contributed by atoms with van der Waals surface area (Å²) in [5.74, 6) is 0.505. The zero-order chi connectivity index (χ0) is 29.6. The van der Waals surface area contributed by atoms with Crippen molar-refractivity contribution in [3.05, 3.63) is 89.2 Å². The molecule has 0 spiro atoms. The van der Waals surface area contributed by atoms with Gasteiger partial charge in [-0.2, -0.15) is 5.10 Å². The number of aliphatic carboxylic acids is 1. The van der Waals surface area contributed by atoms with Gasteiger partial charge in [0.05, 0.1) is 11.7 Å². The summed E-state index contributed by atoms with van der Waals surface area (Å²) in [6, 6.07) is 24.0. The van der Waals surface area contributed by atoms with Crippen molar-refractivity contribution in [1.82, 2.24) is 19.6 Å². The van der Waals surface area contributed by atoms with E-state index in [0.717, 1.165) is 77.7 Å². The number of carboxylic acids is 1. The van der Waals surface area contributed by atoms with E-state index in [-0.39, 0.29) is 12.0 Å². The first-order valence-electron chi connectivity index (χ1n) is 16.9. The molecule has 3 heterocycles. The number of rotatable bonds is 11. The van der Waals surface area contributed by atoms with Crippen LogP contribution < -0.4 is 0 Å². The summed E-state index contributed by atoms with van der Waals surface area (Å²) in [7, 11) is 0. The number of hydrogen-bond acceptors (Lipinski definition) is 4. The number of aryl methyl sites for hydroxylation is 3. The zero-order valence-corrected chi connectivity index (χ0v) is 26.0. The largest absolute Gasteiger partial charge is 0.480 e. The molecule has 3 fully saturated rings. The highest BCUT2D eigenvalue weighted by Gasteiger charge is 2.43. The highest BCUT2D eigenvalue weighted by atomic mass is 16.4. The number of carbonyl (C=O) groups is 1. The van der Waals surface area contributed by atoms with Gasteiger partial charge in [-0.15, -0.1) is 0 Å². The average Bonchev–Trinajstić information content (AvgIpc) is 3.66. The Morgan fingerprint density at radius 3 is 2.28 bits per heavy atom. The van der Waals surface area contributed by atoms with Gasteiger partial charge in [0, 0.05) is 44.3 Å². The lowest BCUT2D eigenvalue weighted by Crippen LogP contribution is -2.46. The molecule has 230 valence electrons. The van der Waals surface area contributed by atoms with Crippen LogP contribution in [0.1, 0.15) is 86.3 Å². The van der Waals surface area contributed by atoms with E-state index in [2.05, 4.69) is 88.1 Å². The van der Waals surface area contributed by atoms with Crippen LogP contribution in [-0.2, 0) is 24.1 Å². The van der Waals surface area contributed by atoms with Crippen LogP contribution in [0.5, 0.6) is 0 Å². The summed E-state index contributed by atoms with van der Waals surface area (Å²) in [6.45, 7) is 7.19. The van der Waals surface area contributed by atoms with E-state index in [1.54, 1.807) is 0 Å². The molecule has 0 unspecified atom stereocenters. The quantitative estimate of drug-likeness (QED) is 0.276. The standard InChI is InChI=1S/C37H50N4O2/c1-2-33-24-32(19-18-28-12-6-3-7-13-28)38-41(33)34-20-22-39(23-21-34)25-31-26-40(27-35(31)29-14-8-4-9-15-29)36(37(42)43)30-16-10-5-11-17-30/h3-4,6-9,12-15,24,30-31,34-36H,2,5,10-11,16-23,25-27H2,1H3,(H,42,43)/t31-,35+,36+/m0/s1.